The predicted octanol–water partition coefficient (Wildman–Crippen LogP) is 3.75. The smallest absolute Gasteiger partial charge is 0.305 e. The van der Waals surface area contributed by atoms with E-state index in [1.54, 1.807) is 0 Å². The number of ketones is 1. The van der Waals surface area contributed by atoms with Crippen molar-refractivity contribution in [1.82, 2.24) is 0 Å². The first-order chi connectivity index (χ1) is 15.0. The standard InChI is InChI=1S/C27H40O5/c1-5-32-19(29)8-11-26(30)18-12-16(18)23-21-17(7-10-25(23,26)4)24(3)9-6-15(28)13-27(24,31)22-14(2)20(21)22/h14,16-18,20-23,30-31H,5-13H2,1-4H3. The second-order valence-electron chi connectivity index (χ2n) is 12.9. The first kappa shape index (κ1) is 21.6. The summed E-state index contributed by atoms with van der Waals surface area (Å²) in [5, 5.41) is 24.1. The second kappa shape index (κ2) is 6.38. The van der Waals surface area contributed by atoms with Crippen LogP contribution in [0.5, 0.6) is 0 Å². The van der Waals surface area contributed by atoms with Crippen LogP contribution in [-0.4, -0.2) is 39.8 Å². The fraction of sp³-hybridized carbons (Fsp3) is 0.926. The number of fused-ring (bicyclic) bond motifs is 10. The Morgan fingerprint density at radius 1 is 1.09 bits per heavy atom. The van der Waals surface area contributed by atoms with E-state index in [9.17, 15) is 19.8 Å². The van der Waals surface area contributed by atoms with E-state index in [1.165, 1.54) is 0 Å². The van der Waals surface area contributed by atoms with Crippen LogP contribution in [0, 0.1) is 58.2 Å². The van der Waals surface area contributed by atoms with Gasteiger partial charge in [0.05, 0.1) is 17.8 Å². The minimum absolute atomic E-state index is 0.169. The van der Waals surface area contributed by atoms with Crippen LogP contribution in [0.1, 0.15) is 79.1 Å². The average molecular weight is 445 g/mol. The molecule has 178 valence electrons. The lowest BCUT2D eigenvalue weighted by molar-refractivity contribution is -0.224. The number of aliphatic hydroxyl groups is 2. The molecule has 12 unspecified atom stereocenters. The molecule has 0 aliphatic heterocycles. The highest BCUT2D eigenvalue weighted by molar-refractivity contribution is 5.81. The van der Waals surface area contributed by atoms with Crippen LogP contribution in [-0.2, 0) is 14.3 Å². The Morgan fingerprint density at radius 3 is 2.56 bits per heavy atom. The largest absolute Gasteiger partial charge is 0.466 e. The van der Waals surface area contributed by atoms with Gasteiger partial charge in [-0.15, -0.1) is 0 Å². The van der Waals surface area contributed by atoms with Gasteiger partial charge in [-0.3, -0.25) is 9.59 Å². The molecule has 0 aromatic rings. The number of hydrogen-bond acceptors (Lipinski definition) is 5. The number of rotatable bonds is 4. The van der Waals surface area contributed by atoms with Crippen LogP contribution in [0.25, 0.3) is 0 Å². The van der Waals surface area contributed by atoms with Gasteiger partial charge >= 0.3 is 5.97 Å². The summed E-state index contributed by atoms with van der Waals surface area (Å²) in [7, 11) is 0. The SMILES string of the molecule is CCOC(=O)CCC1(O)C2CC2C2C3C4C(C)C4C4(O)CC(=O)CCC4(C)C3CCC21C. The molecule has 6 rings (SSSR count). The third-order valence-electron chi connectivity index (χ3n) is 12.1. The molecule has 0 bridgehead atoms. The summed E-state index contributed by atoms with van der Waals surface area (Å²) in [6, 6.07) is 0. The average Bonchev–Trinajstić information content (AvgIpc) is 3.63. The van der Waals surface area contributed by atoms with Crippen molar-refractivity contribution >= 4 is 11.8 Å². The maximum absolute atomic E-state index is 12.4. The molecular formula is C27H40O5. The van der Waals surface area contributed by atoms with Crippen molar-refractivity contribution in [1.29, 1.82) is 0 Å². The van der Waals surface area contributed by atoms with E-state index < -0.39 is 11.2 Å². The fourth-order valence-corrected chi connectivity index (χ4v) is 10.6. The summed E-state index contributed by atoms with van der Waals surface area (Å²) in [5.74, 6) is 3.47. The van der Waals surface area contributed by atoms with Gasteiger partial charge in [0.15, 0.2) is 0 Å². The number of ether oxygens (including phenoxy) is 1. The molecule has 0 heterocycles. The first-order valence-corrected chi connectivity index (χ1v) is 13.2. The highest BCUT2D eigenvalue weighted by atomic mass is 16.5. The van der Waals surface area contributed by atoms with Gasteiger partial charge in [-0.1, -0.05) is 20.8 Å². The molecule has 2 N–H and O–H groups in total. The van der Waals surface area contributed by atoms with Crippen LogP contribution >= 0.6 is 0 Å². The van der Waals surface area contributed by atoms with E-state index in [2.05, 4.69) is 20.8 Å². The predicted molar refractivity (Wildman–Crippen MR) is 118 cm³/mol. The lowest BCUT2D eigenvalue weighted by Crippen LogP contribution is -2.65. The molecule has 0 aromatic heterocycles. The molecule has 32 heavy (non-hydrogen) atoms. The lowest BCUT2D eigenvalue weighted by Gasteiger charge is -2.64. The Labute approximate surface area is 191 Å². The Bertz CT molecular complexity index is 870. The van der Waals surface area contributed by atoms with Crippen LogP contribution in [0.15, 0.2) is 0 Å². The van der Waals surface area contributed by atoms with Gasteiger partial charge < -0.3 is 14.9 Å². The monoisotopic (exact) mass is 444 g/mol. The zero-order valence-corrected chi connectivity index (χ0v) is 20.1. The van der Waals surface area contributed by atoms with Gasteiger partial charge in [-0.25, -0.2) is 0 Å². The van der Waals surface area contributed by atoms with Gasteiger partial charge in [0.1, 0.15) is 5.78 Å². The maximum atomic E-state index is 12.4. The highest BCUT2D eigenvalue weighted by Gasteiger charge is 2.82. The molecule has 0 spiro atoms. The normalized spacial score (nSPS) is 59.2. The number of carbonyl (C=O) groups is 2. The number of hydrogen-bond donors (Lipinski definition) is 2. The van der Waals surface area contributed by atoms with Crippen LogP contribution < -0.4 is 0 Å². The van der Waals surface area contributed by atoms with Crippen molar-refractivity contribution in [2.45, 2.75) is 90.3 Å². The summed E-state index contributed by atoms with van der Waals surface area (Å²) in [6.07, 6.45) is 5.61. The molecule has 6 saturated carbocycles. The summed E-state index contributed by atoms with van der Waals surface area (Å²) in [5.41, 5.74) is -2.00. The van der Waals surface area contributed by atoms with Crippen LogP contribution in [0.2, 0.25) is 0 Å². The van der Waals surface area contributed by atoms with E-state index >= 15 is 0 Å². The van der Waals surface area contributed by atoms with Crippen LogP contribution in [0.3, 0.4) is 0 Å². The summed E-state index contributed by atoms with van der Waals surface area (Å²) < 4.78 is 5.18. The van der Waals surface area contributed by atoms with Gasteiger partial charge in [-0.2, -0.15) is 0 Å². The summed E-state index contributed by atoms with van der Waals surface area (Å²) in [6.45, 7) is 9.09. The molecule has 0 aromatic carbocycles. The van der Waals surface area contributed by atoms with Gasteiger partial charge in [-0.05, 0) is 91.8 Å². The number of carbonyl (C=O) groups excluding carboxylic acids is 2. The van der Waals surface area contributed by atoms with Gasteiger partial charge in [0.25, 0.3) is 0 Å². The van der Waals surface area contributed by atoms with Crippen molar-refractivity contribution in [3.05, 3.63) is 0 Å². The Kier molecular flexibility index (Phi) is 4.31. The van der Waals surface area contributed by atoms with E-state index in [0.29, 0.717) is 73.7 Å². The molecule has 5 heteroatoms. The number of esters is 1. The number of Topliss-reactive ketones (excluding diaryl/α,β-unsaturated/α-hetero) is 1. The van der Waals surface area contributed by atoms with Crippen molar-refractivity contribution in [2.75, 3.05) is 6.61 Å². The Morgan fingerprint density at radius 2 is 1.84 bits per heavy atom. The maximum Gasteiger partial charge on any atom is 0.305 e. The second-order valence-corrected chi connectivity index (χ2v) is 12.9. The van der Waals surface area contributed by atoms with E-state index in [4.69, 9.17) is 4.74 Å². The molecule has 6 fully saturated rings. The van der Waals surface area contributed by atoms with Gasteiger partial charge in [0.2, 0.25) is 0 Å². The van der Waals surface area contributed by atoms with Crippen molar-refractivity contribution in [3.8, 4) is 0 Å². The zero-order chi connectivity index (χ0) is 22.8. The minimum atomic E-state index is -0.844. The van der Waals surface area contributed by atoms with Crippen molar-refractivity contribution in [3.63, 3.8) is 0 Å². The summed E-state index contributed by atoms with van der Waals surface area (Å²) in [4.78, 5) is 24.5. The molecule has 6 aliphatic carbocycles. The molecule has 12 atom stereocenters. The van der Waals surface area contributed by atoms with E-state index in [1.807, 2.05) is 6.92 Å². The Balaban J connectivity index is 1.34. The topological polar surface area (TPSA) is 83.8 Å². The fourth-order valence-electron chi connectivity index (χ4n) is 10.6. The van der Waals surface area contributed by atoms with Crippen molar-refractivity contribution in [2.24, 2.45) is 58.2 Å². The summed E-state index contributed by atoms with van der Waals surface area (Å²) >= 11 is 0. The molecule has 6 aliphatic rings. The zero-order valence-electron chi connectivity index (χ0n) is 20.1. The van der Waals surface area contributed by atoms with E-state index in [-0.39, 0.29) is 28.5 Å². The highest BCUT2D eigenvalue weighted by Crippen LogP contribution is 2.82. The quantitative estimate of drug-likeness (QED) is 0.646. The lowest BCUT2D eigenvalue weighted by atomic mass is 9.42. The van der Waals surface area contributed by atoms with Crippen LogP contribution in [0.4, 0.5) is 0 Å². The molecular weight excluding hydrogens is 404 g/mol. The Hall–Kier alpha value is -0.940. The molecule has 5 nitrogen and oxygen atoms in total. The molecule has 0 radical (unpaired) electrons. The van der Waals surface area contributed by atoms with E-state index in [0.717, 1.165) is 25.7 Å². The third kappa shape index (κ3) is 2.33. The third-order valence-corrected chi connectivity index (χ3v) is 12.1. The minimum Gasteiger partial charge on any atom is -0.466 e. The molecule has 0 saturated heterocycles. The first-order valence-electron chi connectivity index (χ1n) is 13.2. The molecule has 0 amide bonds. The van der Waals surface area contributed by atoms with Gasteiger partial charge in [0, 0.05) is 24.7 Å². The van der Waals surface area contributed by atoms with Crippen molar-refractivity contribution < 1.29 is 24.5 Å².